The lowest BCUT2D eigenvalue weighted by Crippen LogP contribution is -2.32. The normalized spacial score (nSPS) is 13.2. The molecule has 0 unspecified atom stereocenters. The molecule has 1 N–H and O–H groups in total. The summed E-state index contributed by atoms with van der Waals surface area (Å²) in [6, 6.07) is 12.2. The highest BCUT2D eigenvalue weighted by Crippen LogP contribution is 2.28. The molecule has 0 spiro atoms. The minimum atomic E-state index is -0.466. The molecular weight excluding hydrogens is 416 g/mol. The van der Waals surface area contributed by atoms with Crippen molar-refractivity contribution in [2.24, 2.45) is 11.8 Å². The SMILES string of the molecule is CCOC(=O)[C@@H](C[C@H](CB(C)O)Cc1ccc(-c2cc(Cl)ccc2F)cc1)CN(C)C. The van der Waals surface area contributed by atoms with E-state index in [0.29, 0.717) is 42.9 Å². The minimum Gasteiger partial charge on any atom is -0.466 e. The molecule has 2 rings (SSSR count). The van der Waals surface area contributed by atoms with Crippen LogP contribution in [0, 0.1) is 17.7 Å². The average Bonchev–Trinajstić information content (AvgIpc) is 2.69. The Bertz CT molecular complexity index is 845. The molecule has 2 atom stereocenters. The number of carbonyl (C=O) groups is 1. The monoisotopic (exact) mass is 447 g/mol. The lowest BCUT2D eigenvalue weighted by molar-refractivity contribution is -0.149. The van der Waals surface area contributed by atoms with Crippen molar-refractivity contribution in [3.05, 3.63) is 58.9 Å². The zero-order valence-electron chi connectivity index (χ0n) is 18.8. The van der Waals surface area contributed by atoms with E-state index in [1.807, 2.05) is 50.2 Å². The van der Waals surface area contributed by atoms with Crippen LogP contribution in [0.5, 0.6) is 0 Å². The fourth-order valence-electron chi connectivity index (χ4n) is 3.97. The van der Waals surface area contributed by atoms with E-state index >= 15 is 0 Å². The van der Waals surface area contributed by atoms with E-state index in [0.717, 1.165) is 11.1 Å². The van der Waals surface area contributed by atoms with E-state index in [1.54, 1.807) is 12.9 Å². The first-order valence-electron chi connectivity index (χ1n) is 10.7. The molecular formula is C24H32BClFNO3. The summed E-state index contributed by atoms with van der Waals surface area (Å²) in [6.45, 7) is 4.06. The van der Waals surface area contributed by atoms with Crippen LogP contribution in [0.4, 0.5) is 4.39 Å². The molecule has 0 aromatic heterocycles. The second kappa shape index (κ2) is 12.2. The number of nitrogens with zero attached hydrogens (tertiary/aromatic N) is 1. The quantitative estimate of drug-likeness (QED) is 0.387. The first-order chi connectivity index (χ1) is 14.7. The van der Waals surface area contributed by atoms with Gasteiger partial charge in [-0.3, -0.25) is 4.79 Å². The summed E-state index contributed by atoms with van der Waals surface area (Å²) in [5, 5.41) is 10.5. The lowest BCUT2D eigenvalue weighted by Gasteiger charge is -2.25. The maximum Gasteiger partial charge on any atom is 0.310 e. The Morgan fingerprint density at radius 2 is 1.90 bits per heavy atom. The smallest absolute Gasteiger partial charge is 0.310 e. The van der Waals surface area contributed by atoms with Gasteiger partial charge >= 0.3 is 5.97 Å². The summed E-state index contributed by atoms with van der Waals surface area (Å²) in [7, 11) is 3.87. The molecule has 2 aromatic rings. The largest absolute Gasteiger partial charge is 0.466 e. The second-order valence-electron chi connectivity index (χ2n) is 8.42. The van der Waals surface area contributed by atoms with Crippen LogP contribution in [0.2, 0.25) is 18.2 Å². The van der Waals surface area contributed by atoms with Crippen molar-refractivity contribution in [3.8, 4) is 11.1 Å². The summed E-state index contributed by atoms with van der Waals surface area (Å²) in [4.78, 5) is 14.4. The predicted molar refractivity (Wildman–Crippen MR) is 126 cm³/mol. The van der Waals surface area contributed by atoms with Crippen molar-refractivity contribution in [1.82, 2.24) is 4.90 Å². The number of halogens is 2. The van der Waals surface area contributed by atoms with Gasteiger partial charge in [0.2, 0.25) is 0 Å². The highest BCUT2D eigenvalue weighted by molar-refractivity contribution is 6.48. The first kappa shape index (κ1) is 25.4. The van der Waals surface area contributed by atoms with Gasteiger partial charge in [0, 0.05) is 17.1 Å². The molecule has 0 saturated heterocycles. The Kier molecular flexibility index (Phi) is 10.0. The van der Waals surface area contributed by atoms with Gasteiger partial charge in [0.25, 0.3) is 6.92 Å². The van der Waals surface area contributed by atoms with Crippen LogP contribution in [-0.4, -0.2) is 50.1 Å². The number of hydrogen-bond donors (Lipinski definition) is 1. The molecule has 0 saturated carbocycles. The Morgan fingerprint density at radius 1 is 1.23 bits per heavy atom. The molecule has 0 bridgehead atoms. The van der Waals surface area contributed by atoms with Gasteiger partial charge in [0.1, 0.15) is 5.82 Å². The van der Waals surface area contributed by atoms with Crippen molar-refractivity contribution in [3.63, 3.8) is 0 Å². The third kappa shape index (κ3) is 8.28. The Balaban J connectivity index is 2.17. The van der Waals surface area contributed by atoms with Crippen molar-refractivity contribution < 1.29 is 18.9 Å². The van der Waals surface area contributed by atoms with Crippen molar-refractivity contribution in [2.45, 2.75) is 32.9 Å². The van der Waals surface area contributed by atoms with E-state index in [9.17, 15) is 14.2 Å². The Hall–Kier alpha value is -1.89. The summed E-state index contributed by atoms with van der Waals surface area (Å²) in [6.07, 6.45) is 1.94. The lowest BCUT2D eigenvalue weighted by atomic mass is 9.62. The van der Waals surface area contributed by atoms with E-state index in [2.05, 4.69) is 0 Å². The number of hydrogen-bond acceptors (Lipinski definition) is 4. The van der Waals surface area contributed by atoms with Crippen molar-refractivity contribution in [2.75, 3.05) is 27.2 Å². The summed E-state index contributed by atoms with van der Waals surface area (Å²) in [5.41, 5.74) is 2.30. The van der Waals surface area contributed by atoms with Gasteiger partial charge in [-0.05, 0) is 75.4 Å². The van der Waals surface area contributed by atoms with E-state index in [-0.39, 0.29) is 23.6 Å². The van der Waals surface area contributed by atoms with Crippen LogP contribution in [0.25, 0.3) is 11.1 Å². The molecule has 2 aromatic carbocycles. The summed E-state index contributed by atoms with van der Waals surface area (Å²) >= 11 is 6.02. The maximum absolute atomic E-state index is 14.2. The number of rotatable bonds is 11. The highest BCUT2D eigenvalue weighted by atomic mass is 35.5. The van der Waals surface area contributed by atoms with Crippen LogP contribution in [0.1, 0.15) is 18.9 Å². The highest BCUT2D eigenvalue weighted by Gasteiger charge is 2.26. The fraction of sp³-hybridized carbons (Fsp3) is 0.458. The molecule has 0 amide bonds. The topological polar surface area (TPSA) is 49.8 Å². The number of esters is 1. The van der Waals surface area contributed by atoms with E-state index in [1.165, 1.54) is 12.1 Å². The zero-order valence-corrected chi connectivity index (χ0v) is 19.5. The molecule has 4 nitrogen and oxygen atoms in total. The molecule has 0 fully saturated rings. The summed E-state index contributed by atoms with van der Waals surface area (Å²) < 4.78 is 19.4. The third-order valence-electron chi connectivity index (χ3n) is 5.22. The average molecular weight is 448 g/mol. The molecule has 0 aliphatic carbocycles. The van der Waals surface area contributed by atoms with Crippen molar-refractivity contribution in [1.29, 1.82) is 0 Å². The van der Waals surface area contributed by atoms with E-state index < -0.39 is 6.92 Å². The number of carbonyl (C=O) groups excluding carboxylic acids is 1. The summed E-state index contributed by atoms with van der Waals surface area (Å²) in [5.74, 6) is -0.648. The molecule has 31 heavy (non-hydrogen) atoms. The molecule has 7 heteroatoms. The van der Waals surface area contributed by atoms with Gasteiger partial charge in [-0.1, -0.05) is 42.7 Å². The Morgan fingerprint density at radius 3 is 2.48 bits per heavy atom. The Labute approximate surface area is 190 Å². The van der Waals surface area contributed by atoms with Crippen LogP contribution in [-0.2, 0) is 16.0 Å². The number of ether oxygens (including phenoxy) is 1. The standard InChI is InChI=1S/C24H32BClFNO3/c1-5-31-24(29)20(16-28(3)4)13-18(15-25(2)30)12-17-6-8-19(9-7-17)22-14-21(26)10-11-23(22)27/h6-11,14,18,20,30H,5,12-13,15-16H2,1-4H3/t18-,20+/m1/s1. The number of benzene rings is 2. The molecule has 0 heterocycles. The van der Waals surface area contributed by atoms with Gasteiger partial charge < -0.3 is 14.7 Å². The van der Waals surface area contributed by atoms with Crippen LogP contribution in [0.15, 0.2) is 42.5 Å². The molecule has 0 aliphatic heterocycles. The van der Waals surface area contributed by atoms with Gasteiger partial charge in [-0.2, -0.15) is 0 Å². The first-order valence-corrected chi connectivity index (χ1v) is 11.1. The maximum atomic E-state index is 14.2. The van der Waals surface area contributed by atoms with Gasteiger partial charge in [0.05, 0.1) is 12.5 Å². The fourth-order valence-corrected chi connectivity index (χ4v) is 4.14. The van der Waals surface area contributed by atoms with Gasteiger partial charge in [-0.25, -0.2) is 4.39 Å². The minimum absolute atomic E-state index is 0.114. The zero-order chi connectivity index (χ0) is 23.0. The van der Waals surface area contributed by atoms with Crippen LogP contribution in [0.3, 0.4) is 0 Å². The van der Waals surface area contributed by atoms with Gasteiger partial charge in [0.15, 0.2) is 0 Å². The van der Waals surface area contributed by atoms with E-state index in [4.69, 9.17) is 16.3 Å². The van der Waals surface area contributed by atoms with Crippen LogP contribution < -0.4 is 0 Å². The van der Waals surface area contributed by atoms with Crippen LogP contribution >= 0.6 is 11.6 Å². The molecule has 0 radical (unpaired) electrons. The second-order valence-corrected chi connectivity index (χ2v) is 8.86. The van der Waals surface area contributed by atoms with Gasteiger partial charge in [-0.15, -0.1) is 0 Å². The third-order valence-corrected chi connectivity index (χ3v) is 5.45. The van der Waals surface area contributed by atoms with Crippen molar-refractivity contribution >= 4 is 24.5 Å². The predicted octanol–water partition coefficient (Wildman–Crippen LogP) is 5.05. The molecule has 0 aliphatic rings. The molecule has 168 valence electrons.